The molecule has 2 rings (SSSR count). The van der Waals surface area contributed by atoms with Gasteiger partial charge in [0.15, 0.2) is 9.84 Å². The van der Waals surface area contributed by atoms with Gasteiger partial charge in [-0.05, 0) is 13.8 Å². The molecule has 0 aromatic heterocycles. The van der Waals surface area contributed by atoms with E-state index in [1.807, 2.05) is 0 Å². The number of β-lactam (4-membered cyclic amide) rings is 1. The van der Waals surface area contributed by atoms with E-state index in [2.05, 4.69) is 9.47 Å². The van der Waals surface area contributed by atoms with Crippen LogP contribution in [-0.4, -0.2) is 65.2 Å². The minimum atomic E-state index is -3.73. The molecule has 0 bridgehead atoms. The number of hydrogen-bond donors (Lipinski definition) is 1. The summed E-state index contributed by atoms with van der Waals surface area (Å²) in [5.74, 6) is -4.02. The minimum Gasteiger partial charge on any atom is -0.481 e. The summed E-state index contributed by atoms with van der Waals surface area (Å²) in [7, 11) is -3.73. The van der Waals surface area contributed by atoms with Crippen LogP contribution in [0.25, 0.3) is 0 Å². The van der Waals surface area contributed by atoms with Gasteiger partial charge < -0.3 is 19.5 Å². The molecular formula is C12H15NO9S. The van der Waals surface area contributed by atoms with Crippen molar-refractivity contribution in [2.45, 2.75) is 42.9 Å². The fourth-order valence-corrected chi connectivity index (χ4v) is 4.74. The number of fused-ring (bicyclic) bond motifs is 1. The van der Waals surface area contributed by atoms with Gasteiger partial charge in [0.2, 0.25) is 12.7 Å². The number of carbonyl (C=O) groups excluding carboxylic acids is 3. The molecule has 0 unspecified atom stereocenters. The number of nitrogens with zero attached hydrogens (tertiary/aromatic N) is 1. The number of rotatable bonds is 5. The van der Waals surface area contributed by atoms with Gasteiger partial charge in [0.05, 0.1) is 11.2 Å². The van der Waals surface area contributed by atoms with Gasteiger partial charge in [0, 0.05) is 0 Å². The Labute approximate surface area is 131 Å². The zero-order chi connectivity index (χ0) is 17.6. The third-order valence-electron chi connectivity index (χ3n) is 3.92. The summed E-state index contributed by atoms with van der Waals surface area (Å²) >= 11 is 0. The van der Waals surface area contributed by atoms with E-state index < -0.39 is 63.0 Å². The van der Waals surface area contributed by atoms with Crippen molar-refractivity contribution in [3.05, 3.63) is 0 Å². The lowest BCUT2D eigenvalue weighted by atomic mass is 9.98. The van der Waals surface area contributed by atoms with Crippen molar-refractivity contribution in [1.82, 2.24) is 4.90 Å². The third-order valence-corrected chi connectivity index (χ3v) is 6.72. The quantitative estimate of drug-likeness (QED) is 0.275. The van der Waals surface area contributed by atoms with E-state index in [1.165, 1.54) is 13.8 Å². The van der Waals surface area contributed by atoms with Gasteiger partial charge in [-0.1, -0.05) is 0 Å². The van der Waals surface area contributed by atoms with Crippen LogP contribution < -0.4 is 0 Å². The summed E-state index contributed by atoms with van der Waals surface area (Å²) in [5, 5.41) is 7.33. The maximum absolute atomic E-state index is 12.3. The second-order valence-electron chi connectivity index (χ2n) is 5.68. The van der Waals surface area contributed by atoms with Crippen LogP contribution in [0.2, 0.25) is 0 Å². The number of carbonyl (C=O) groups is 4. The highest BCUT2D eigenvalue weighted by Gasteiger charge is 2.68. The van der Waals surface area contributed by atoms with E-state index in [1.54, 1.807) is 0 Å². The standard InChI is InChI=1S/C12H15NO9S/c1-12(2)10(13-6(14)3-7(13)23(12,19)20)11(18)22-5-21-9(17)4-8(15)16/h7,10H,3-5H2,1-2H3,(H,15,16)/t7-,10+/m1/s1. The SMILES string of the molecule is CC1(C)[C@H](C(=O)OCOC(=O)CC(=O)O)N2C(=O)C[C@H]2S1(=O)=O. The first-order valence-corrected chi connectivity index (χ1v) is 8.13. The predicted octanol–water partition coefficient (Wildman–Crippen LogP) is -1.36. The van der Waals surface area contributed by atoms with Crippen LogP contribution in [0.4, 0.5) is 0 Å². The molecule has 128 valence electrons. The second-order valence-corrected chi connectivity index (χ2v) is 8.37. The molecule has 2 heterocycles. The molecule has 2 saturated heterocycles. The van der Waals surface area contributed by atoms with Crippen molar-refractivity contribution in [2.75, 3.05) is 6.79 Å². The lowest BCUT2D eigenvalue weighted by Crippen LogP contribution is -2.57. The molecule has 2 fully saturated rings. The Hall–Kier alpha value is -2.17. The summed E-state index contributed by atoms with van der Waals surface area (Å²) < 4.78 is 32.1. The first kappa shape index (κ1) is 17.2. The molecule has 0 saturated carbocycles. The maximum Gasteiger partial charge on any atom is 0.333 e. The Morgan fingerprint density at radius 1 is 1.30 bits per heavy atom. The molecule has 2 aliphatic rings. The van der Waals surface area contributed by atoms with Gasteiger partial charge in [-0.25, -0.2) is 13.2 Å². The number of carboxylic acid groups (broad SMARTS) is 1. The molecule has 0 aromatic rings. The van der Waals surface area contributed by atoms with Crippen molar-refractivity contribution in [1.29, 1.82) is 0 Å². The second kappa shape index (κ2) is 5.48. The van der Waals surface area contributed by atoms with E-state index in [0.29, 0.717) is 0 Å². The number of sulfone groups is 1. The minimum absolute atomic E-state index is 0.177. The van der Waals surface area contributed by atoms with Gasteiger partial charge in [-0.3, -0.25) is 14.4 Å². The molecule has 0 radical (unpaired) electrons. The Morgan fingerprint density at radius 3 is 2.43 bits per heavy atom. The number of aliphatic carboxylic acids is 1. The molecule has 23 heavy (non-hydrogen) atoms. The third kappa shape index (κ3) is 2.64. The summed E-state index contributed by atoms with van der Waals surface area (Å²) in [4.78, 5) is 46.0. The first-order chi connectivity index (χ1) is 10.5. The van der Waals surface area contributed by atoms with Crippen molar-refractivity contribution in [2.24, 2.45) is 0 Å². The Kier molecular flexibility index (Phi) is 4.09. The lowest BCUT2D eigenvalue weighted by Gasteiger charge is -2.36. The number of hydrogen-bond acceptors (Lipinski definition) is 8. The molecule has 11 heteroatoms. The van der Waals surface area contributed by atoms with Gasteiger partial charge >= 0.3 is 17.9 Å². The number of amides is 1. The van der Waals surface area contributed by atoms with Gasteiger partial charge in [0.25, 0.3) is 0 Å². The van der Waals surface area contributed by atoms with Crippen LogP contribution in [0.5, 0.6) is 0 Å². The smallest absolute Gasteiger partial charge is 0.333 e. The fourth-order valence-electron chi connectivity index (χ4n) is 2.62. The van der Waals surface area contributed by atoms with E-state index in [0.717, 1.165) is 4.90 Å². The molecule has 2 aliphatic heterocycles. The lowest BCUT2D eigenvalue weighted by molar-refractivity contribution is -0.176. The number of ether oxygens (including phenoxy) is 2. The molecule has 0 aliphatic carbocycles. The van der Waals surface area contributed by atoms with E-state index in [-0.39, 0.29) is 6.42 Å². The number of esters is 2. The highest BCUT2D eigenvalue weighted by Crippen LogP contribution is 2.45. The van der Waals surface area contributed by atoms with Crippen LogP contribution in [0.3, 0.4) is 0 Å². The summed E-state index contributed by atoms with van der Waals surface area (Å²) in [6.07, 6.45) is -1.07. The number of carboxylic acids is 1. The van der Waals surface area contributed by atoms with Crippen molar-refractivity contribution in [3.8, 4) is 0 Å². The van der Waals surface area contributed by atoms with Crippen LogP contribution in [0.1, 0.15) is 26.7 Å². The van der Waals surface area contributed by atoms with Gasteiger partial charge in [0.1, 0.15) is 17.8 Å². The van der Waals surface area contributed by atoms with E-state index in [9.17, 15) is 27.6 Å². The van der Waals surface area contributed by atoms with Crippen molar-refractivity contribution >= 4 is 33.7 Å². The normalized spacial score (nSPS) is 26.9. The topological polar surface area (TPSA) is 144 Å². The predicted molar refractivity (Wildman–Crippen MR) is 71.3 cm³/mol. The molecular weight excluding hydrogens is 334 g/mol. The highest BCUT2D eigenvalue weighted by molar-refractivity contribution is 7.93. The highest BCUT2D eigenvalue weighted by atomic mass is 32.2. The summed E-state index contributed by atoms with van der Waals surface area (Å²) in [6.45, 7) is 1.77. The van der Waals surface area contributed by atoms with Crippen molar-refractivity contribution < 1.29 is 42.2 Å². The van der Waals surface area contributed by atoms with E-state index >= 15 is 0 Å². The van der Waals surface area contributed by atoms with Gasteiger partial charge in [-0.2, -0.15) is 0 Å². The first-order valence-electron chi connectivity index (χ1n) is 6.59. The largest absolute Gasteiger partial charge is 0.481 e. The average Bonchev–Trinajstić information content (AvgIpc) is 2.51. The van der Waals surface area contributed by atoms with Crippen LogP contribution in [-0.2, 0) is 38.5 Å². The van der Waals surface area contributed by atoms with E-state index in [4.69, 9.17) is 5.11 Å². The molecule has 0 aromatic carbocycles. The molecule has 1 amide bonds. The van der Waals surface area contributed by atoms with Gasteiger partial charge in [-0.15, -0.1) is 0 Å². The molecule has 2 atom stereocenters. The molecule has 10 nitrogen and oxygen atoms in total. The summed E-state index contributed by atoms with van der Waals surface area (Å²) in [6, 6.07) is -1.34. The van der Waals surface area contributed by atoms with Crippen LogP contribution >= 0.6 is 0 Å². The zero-order valence-electron chi connectivity index (χ0n) is 12.3. The fraction of sp³-hybridized carbons (Fsp3) is 0.667. The molecule has 1 N–H and O–H groups in total. The monoisotopic (exact) mass is 349 g/mol. The Morgan fingerprint density at radius 2 is 1.91 bits per heavy atom. The average molecular weight is 349 g/mol. The molecule has 0 spiro atoms. The Bertz CT molecular complexity index is 681. The van der Waals surface area contributed by atoms with Crippen LogP contribution in [0, 0.1) is 0 Å². The zero-order valence-corrected chi connectivity index (χ0v) is 13.2. The summed E-state index contributed by atoms with van der Waals surface area (Å²) in [5.41, 5.74) is 0. The maximum atomic E-state index is 12.3. The van der Waals surface area contributed by atoms with Crippen molar-refractivity contribution in [3.63, 3.8) is 0 Å². The van der Waals surface area contributed by atoms with Crippen LogP contribution in [0.15, 0.2) is 0 Å². The Balaban J connectivity index is 2.03.